The Labute approximate surface area is 98.9 Å². The molecule has 0 amide bonds. The summed E-state index contributed by atoms with van der Waals surface area (Å²) in [4.78, 5) is 0. The van der Waals surface area contributed by atoms with Crippen LogP contribution in [-0.4, -0.2) is 19.9 Å². The van der Waals surface area contributed by atoms with Gasteiger partial charge in [-0.2, -0.15) is 0 Å². The van der Waals surface area contributed by atoms with Crippen molar-refractivity contribution in [1.29, 1.82) is 0 Å². The van der Waals surface area contributed by atoms with Crippen LogP contribution in [0.5, 0.6) is 5.75 Å². The van der Waals surface area contributed by atoms with Gasteiger partial charge in [-0.1, -0.05) is 0 Å². The summed E-state index contributed by atoms with van der Waals surface area (Å²) >= 11 is 0. The van der Waals surface area contributed by atoms with E-state index in [0.717, 1.165) is 36.6 Å². The third-order valence-electron chi connectivity index (χ3n) is 3.15. The van der Waals surface area contributed by atoms with Crippen LogP contribution < -0.4 is 5.73 Å². The number of phenols is 1. The Bertz CT molecular complexity index is 562. The predicted octanol–water partition coefficient (Wildman–Crippen LogP) is 1.57. The van der Waals surface area contributed by atoms with Crippen molar-refractivity contribution in [2.24, 2.45) is 0 Å². The molecule has 0 radical (unpaired) electrons. The standard InChI is InChI=1S/C12H14N4O/c13-9-7-8(4-5-10(9)17)12-15-14-11-3-1-2-6-16(11)12/h4-5,7,17H,1-3,6,13H2. The Kier molecular flexibility index (Phi) is 2.24. The number of aryl methyl sites for hydroxylation is 1. The van der Waals surface area contributed by atoms with Crippen molar-refractivity contribution >= 4 is 5.69 Å². The maximum absolute atomic E-state index is 9.41. The molecule has 17 heavy (non-hydrogen) atoms. The first-order valence-corrected chi connectivity index (χ1v) is 5.76. The molecular weight excluding hydrogens is 216 g/mol. The summed E-state index contributed by atoms with van der Waals surface area (Å²) in [5.41, 5.74) is 6.97. The SMILES string of the molecule is Nc1cc(-c2nnc3n2CCCC3)ccc1O. The van der Waals surface area contributed by atoms with Gasteiger partial charge in [-0.25, -0.2) is 0 Å². The Morgan fingerprint density at radius 2 is 2.12 bits per heavy atom. The molecule has 0 aliphatic carbocycles. The Morgan fingerprint density at radius 3 is 2.94 bits per heavy atom. The molecular formula is C12H14N4O. The van der Waals surface area contributed by atoms with E-state index in [-0.39, 0.29) is 5.75 Å². The van der Waals surface area contributed by atoms with E-state index in [1.54, 1.807) is 12.1 Å². The number of aromatic nitrogens is 3. The third kappa shape index (κ3) is 1.63. The van der Waals surface area contributed by atoms with E-state index in [0.29, 0.717) is 5.69 Å². The van der Waals surface area contributed by atoms with Crippen molar-refractivity contribution in [2.75, 3.05) is 5.73 Å². The summed E-state index contributed by atoms with van der Waals surface area (Å²) in [7, 11) is 0. The number of nitrogen functional groups attached to an aromatic ring is 1. The van der Waals surface area contributed by atoms with Gasteiger partial charge in [0, 0.05) is 18.5 Å². The van der Waals surface area contributed by atoms with Crippen LogP contribution in [0.15, 0.2) is 18.2 Å². The number of hydrogen-bond acceptors (Lipinski definition) is 4. The van der Waals surface area contributed by atoms with Crippen molar-refractivity contribution in [2.45, 2.75) is 25.8 Å². The lowest BCUT2D eigenvalue weighted by Gasteiger charge is -2.14. The predicted molar refractivity (Wildman–Crippen MR) is 64.5 cm³/mol. The first-order chi connectivity index (χ1) is 8.25. The highest BCUT2D eigenvalue weighted by atomic mass is 16.3. The molecule has 1 aromatic carbocycles. The number of anilines is 1. The highest BCUT2D eigenvalue weighted by Gasteiger charge is 2.17. The van der Waals surface area contributed by atoms with E-state index in [4.69, 9.17) is 5.73 Å². The van der Waals surface area contributed by atoms with Crippen molar-refractivity contribution in [3.05, 3.63) is 24.0 Å². The molecule has 5 nitrogen and oxygen atoms in total. The van der Waals surface area contributed by atoms with Gasteiger partial charge in [-0.05, 0) is 31.0 Å². The summed E-state index contributed by atoms with van der Waals surface area (Å²) < 4.78 is 2.13. The minimum absolute atomic E-state index is 0.104. The van der Waals surface area contributed by atoms with Gasteiger partial charge in [0.2, 0.25) is 0 Å². The van der Waals surface area contributed by atoms with Crippen LogP contribution in [0.4, 0.5) is 5.69 Å². The summed E-state index contributed by atoms with van der Waals surface area (Å²) in [6.07, 6.45) is 3.32. The fraction of sp³-hybridized carbons (Fsp3) is 0.333. The molecule has 88 valence electrons. The molecule has 2 aromatic rings. The Morgan fingerprint density at radius 1 is 1.24 bits per heavy atom. The minimum atomic E-state index is 0.104. The first kappa shape index (κ1) is 10.1. The molecule has 5 heteroatoms. The van der Waals surface area contributed by atoms with Crippen LogP contribution in [0.3, 0.4) is 0 Å². The van der Waals surface area contributed by atoms with Crippen molar-refractivity contribution in [3.63, 3.8) is 0 Å². The number of hydrogen-bond donors (Lipinski definition) is 2. The number of nitrogens with zero attached hydrogens (tertiary/aromatic N) is 3. The fourth-order valence-corrected chi connectivity index (χ4v) is 2.22. The smallest absolute Gasteiger partial charge is 0.164 e. The van der Waals surface area contributed by atoms with Gasteiger partial charge in [0.1, 0.15) is 11.6 Å². The maximum atomic E-state index is 9.41. The zero-order chi connectivity index (χ0) is 11.8. The number of fused-ring (bicyclic) bond motifs is 1. The largest absolute Gasteiger partial charge is 0.506 e. The van der Waals surface area contributed by atoms with Crippen LogP contribution in [0.25, 0.3) is 11.4 Å². The second-order valence-electron chi connectivity index (χ2n) is 4.32. The van der Waals surface area contributed by atoms with E-state index in [2.05, 4.69) is 14.8 Å². The lowest BCUT2D eigenvalue weighted by Crippen LogP contribution is -2.11. The normalized spacial score (nSPS) is 14.6. The van der Waals surface area contributed by atoms with Crippen LogP contribution >= 0.6 is 0 Å². The first-order valence-electron chi connectivity index (χ1n) is 5.76. The lowest BCUT2D eigenvalue weighted by atomic mass is 10.1. The summed E-state index contributed by atoms with van der Waals surface area (Å²) in [6.45, 7) is 0.957. The van der Waals surface area contributed by atoms with Crippen LogP contribution in [0.1, 0.15) is 18.7 Å². The quantitative estimate of drug-likeness (QED) is 0.576. The number of nitrogens with two attached hydrogens (primary N) is 1. The topological polar surface area (TPSA) is 77.0 Å². The van der Waals surface area contributed by atoms with Gasteiger partial charge in [0.25, 0.3) is 0 Å². The molecule has 0 atom stereocenters. The van der Waals surface area contributed by atoms with Crippen molar-refractivity contribution < 1.29 is 5.11 Å². The summed E-state index contributed by atoms with van der Waals surface area (Å²) in [5, 5.41) is 17.8. The average Bonchev–Trinajstić information content (AvgIpc) is 2.76. The van der Waals surface area contributed by atoms with E-state index < -0.39 is 0 Å². The molecule has 0 saturated heterocycles. The highest BCUT2D eigenvalue weighted by Crippen LogP contribution is 2.28. The van der Waals surface area contributed by atoms with Gasteiger partial charge >= 0.3 is 0 Å². The molecule has 3 N–H and O–H groups in total. The van der Waals surface area contributed by atoms with Crippen LogP contribution in [0, 0.1) is 0 Å². The molecule has 0 unspecified atom stereocenters. The van der Waals surface area contributed by atoms with Gasteiger partial charge in [-0.15, -0.1) is 10.2 Å². The molecule has 0 fully saturated rings. The molecule has 0 spiro atoms. The number of phenolic OH excluding ortho intramolecular Hbond substituents is 1. The van der Waals surface area contributed by atoms with Gasteiger partial charge in [-0.3, -0.25) is 0 Å². The molecule has 0 bridgehead atoms. The molecule has 1 aromatic heterocycles. The van der Waals surface area contributed by atoms with Gasteiger partial charge in [0.05, 0.1) is 5.69 Å². The number of aromatic hydroxyl groups is 1. The van der Waals surface area contributed by atoms with Crippen molar-refractivity contribution in [3.8, 4) is 17.1 Å². The molecule has 2 heterocycles. The number of rotatable bonds is 1. The molecule has 1 aliphatic rings. The molecule has 3 rings (SSSR count). The third-order valence-corrected chi connectivity index (χ3v) is 3.15. The maximum Gasteiger partial charge on any atom is 0.164 e. The van der Waals surface area contributed by atoms with Crippen molar-refractivity contribution in [1.82, 2.24) is 14.8 Å². The van der Waals surface area contributed by atoms with E-state index >= 15 is 0 Å². The van der Waals surface area contributed by atoms with Crippen LogP contribution in [-0.2, 0) is 13.0 Å². The van der Waals surface area contributed by atoms with E-state index in [1.165, 1.54) is 6.42 Å². The second kappa shape index (κ2) is 3.76. The molecule has 1 aliphatic heterocycles. The molecule has 0 saturated carbocycles. The number of benzene rings is 1. The zero-order valence-corrected chi connectivity index (χ0v) is 9.43. The van der Waals surface area contributed by atoms with E-state index in [9.17, 15) is 5.11 Å². The van der Waals surface area contributed by atoms with Gasteiger partial charge in [0.15, 0.2) is 5.82 Å². The monoisotopic (exact) mass is 230 g/mol. The fourth-order valence-electron chi connectivity index (χ4n) is 2.22. The Balaban J connectivity index is 2.09. The zero-order valence-electron chi connectivity index (χ0n) is 9.43. The average molecular weight is 230 g/mol. The lowest BCUT2D eigenvalue weighted by molar-refractivity contribution is 0.478. The minimum Gasteiger partial charge on any atom is -0.506 e. The van der Waals surface area contributed by atoms with E-state index in [1.807, 2.05) is 6.07 Å². The van der Waals surface area contributed by atoms with Crippen LogP contribution in [0.2, 0.25) is 0 Å². The highest BCUT2D eigenvalue weighted by molar-refractivity contribution is 5.66. The Hall–Kier alpha value is -2.04. The summed E-state index contributed by atoms with van der Waals surface area (Å²) in [6, 6.07) is 5.15. The van der Waals surface area contributed by atoms with Gasteiger partial charge < -0.3 is 15.4 Å². The second-order valence-corrected chi connectivity index (χ2v) is 4.32. The summed E-state index contributed by atoms with van der Waals surface area (Å²) in [5.74, 6) is 1.98.